The first-order valence-electron chi connectivity index (χ1n) is 16.2. The molecular weight excluding hydrogens is 679 g/mol. The first-order valence-corrected chi connectivity index (χ1v) is 16.9. The Balaban J connectivity index is 1.14. The van der Waals surface area contributed by atoms with Crippen LogP contribution in [0.3, 0.4) is 0 Å². The molecule has 0 heterocycles. The van der Waals surface area contributed by atoms with E-state index in [2.05, 4.69) is 0 Å². The zero-order chi connectivity index (χ0) is 35.3. The van der Waals surface area contributed by atoms with E-state index in [0.29, 0.717) is 45.9 Å². The Morgan fingerprint density at radius 3 is 1.50 bits per heavy atom. The second-order valence-electron chi connectivity index (χ2n) is 11.5. The molecule has 2 N–H and O–H groups in total. The van der Waals surface area contributed by atoms with E-state index in [1.165, 1.54) is 12.1 Å². The Hall–Kier alpha value is -5.18. The van der Waals surface area contributed by atoms with Crippen molar-refractivity contribution in [2.24, 2.45) is 0 Å². The quantitative estimate of drug-likeness (QED) is 0.0863. The molecule has 0 unspecified atom stereocenters. The largest absolute Gasteiger partial charge is 0.490 e. The van der Waals surface area contributed by atoms with Crippen LogP contribution in [0.5, 0.6) is 34.5 Å². The molecular formula is C40H36Cl2O8. The summed E-state index contributed by atoms with van der Waals surface area (Å²) in [5, 5.41) is 20.8. The lowest BCUT2D eigenvalue weighted by atomic mass is 10.1. The van der Waals surface area contributed by atoms with Crippen molar-refractivity contribution in [1.29, 1.82) is 0 Å². The first-order chi connectivity index (χ1) is 24.2. The molecule has 0 fully saturated rings. The number of rotatable bonds is 18. The minimum atomic E-state index is -1.40. The molecule has 5 aromatic rings. The summed E-state index contributed by atoms with van der Waals surface area (Å²) in [6, 6.07) is 32.6. The molecule has 0 aromatic heterocycles. The summed E-state index contributed by atoms with van der Waals surface area (Å²) >= 11 is 12.1. The third-order valence-electron chi connectivity index (χ3n) is 7.65. The third-order valence-corrected chi connectivity index (χ3v) is 8.12. The summed E-state index contributed by atoms with van der Waals surface area (Å²) in [6.45, 7) is 0.458. The number of carboxylic acid groups (broad SMARTS) is 2. The number of benzene rings is 5. The van der Waals surface area contributed by atoms with Gasteiger partial charge in [0, 0.05) is 10.0 Å². The highest BCUT2D eigenvalue weighted by Gasteiger charge is 2.25. The van der Waals surface area contributed by atoms with Gasteiger partial charge in [0.15, 0.2) is 11.5 Å². The Bertz CT molecular complexity index is 1930. The number of carboxylic acids is 2. The molecule has 0 aliphatic carbocycles. The molecule has 0 amide bonds. The summed E-state index contributed by atoms with van der Waals surface area (Å²) < 4.78 is 23.8. The number of hydrogen-bond donors (Lipinski definition) is 2. The number of ether oxygens (including phenoxy) is 4. The van der Waals surface area contributed by atoms with Gasteiger partial charge in [-0.1, -0.05) is 59.6 Å². The fourth-order valence-electron chi connectivity index (χ4n) is 5.29. The molecule has 0 saturated heterocycles. The Morgan fingerprint density at radius 2 is 1.02 bits per heavy atom. The zero-order valence-corrected chi connectivity index (χ0v) is 28.7. The standard InChI is InChI=1S/C40H36Cl2O8/c41-29-13-7-17-33(25-29)49-31-15-5-11-27(23-31)9-1-3-21-47-36-20-19-35(39(43)44)37(40(45)46)38(36)48-22-4-2-10-28-12-6-16-32(24-28)50-34-18-8-14-30(42)26-34/h5-8,11-20,23-26H,1-4,9-10,21-22H2,(H,43,44)(H,45,46). The SMILES string of the molecule is O=C(O)c1ccc(OCCCCc2cccc(Oc3cccc(Cl)c3)c2)c(OCCCCc2cccc(Oc3cccc(Cl)c3)c2)c1C(=O)O. The highest BCUT2D eigenvalue weighted by Crippen LogP contribution is 2.35. The lowest BCUT2D eigenvalue weighted by Crippen LogP contribution is -2.13. The molecule has 0 aliphatic heterocycles. The van der Waals surface area contributed by atoms with Crippen LogP contribution in [0.25, 0.3) is 0 Å². The number of unbranched alkanes of at least 4 members (excludes halogenated alkanes) is 2. The highest BCUT2D eigenvalue weighted by atomic mass is 35.5. The lowest BCUT2D eigenvalue weighted by Gasteiger charge is -2.17. The molecule has 0 saturated carbocycles. The minimum absolute atomic E-state index is 0.0832. The van der Waals surface area contributed by atoms with Gasteiger partial charge < -0.3 is 29.2 Å². The molecule has 0 aliphatic rings. The monoisotopic (exact) mass is 714 g/mol. The van der Waals surface area contributed by atoms with Gasteiger partial charge in [-0.25, -0.2) is 9.59 Å². The fraction of sp³-hybridized carbons (Fsp3) is 0.200. The predicted octanol–water partition coefficient (Wildman–Crippen LogP) is 10.8. The van der Waals surface area contributed by atoms with Crippen LogP contribution >= 0.6 is 23.2 Å². The van der Waals surface area contributed by atoms with E-state index >= 15 is 0 Å². The van der Waals surface area contributed by atoms with Crippen molar-refractivity contribution in [1.82, 2.24) is 0 Å². The third kappa shape index (κ3) is 10.7. The van der Waals surface area contributed by atoms with Crippen LogP contribution in [-0.2, 0) is 12.8 Å². The van der Waals surface area contributed by atoms with Crippen LogP contribution in [0.1, 0.15) is 57.5 Å². The van der Waals surface area contributed by atoms with Gasteiger partial charge in [-0.15, -0.1) is 0 Å². The van der Waals surface area contributed by atoms with Crippen molar-refractivity contribution < 1.29 is 38.7 Å². The van der Waals surface area contributed by atoms with E-state index in [-0.39, 0.29) is 30.3 Å². The molecule has 0 radical (unpaired) electrons. The summed E-state index contributed by atoms with van der Waals surface area (Å²) in [5.74, 6) is 0.0377. The second kappa shape index (κ2) is 18.0. The average molecular weight is 716 g/mol. The van der Waals surface area contributed by atoms with Crippen molar-refractivity contribution >= 4 is 35.1 Å². The number of halogens is 2. The second-order valence-corrected chi connectivity index (χ2v) is 12.3. The molecule has 8 nitrogen and oxygen atoms in total. The molecule has 50 heavy (non-hydrogen) atoms. The normalized spacial score (nSPS) is 10.8. The Labute approximate surface area is 300 Å². The van der Waals surface area contributed by atoms with E-state index in [1.54, 1.807) is 24.3 Å². The molecule has 258 valence electrons. The van der Waals surface area contributed by atoms with E-state index in [4.69, 9.17) is 42.1 Å². The Kier molecular flexibility index (Phi) is 13.0. The van der Waals surface area contributed by atoms with Crippen LogP contribution in [0.2, 0.25) is 10.0 Å². The van der Waals surface area contributed by atoms with E-state index in [1.807, 2.05) is 72.8 Å². The number of carbonyl (C=O) groups is 2. The number of aromatic carboxylic acids is 2. The average Bonchev–Trinajstić information content (AvgIpc) is 3.08. The predicted molar refractivity (Wildman–Crippen MR) is 193 cm³/mol. The van der Waals surface area contributed by atoms with Gasteiger partial charge in [0.1, 0.15) is 28.6 Å². The summed E-state index contributed by atoms with van der Waals surface area (Å²) in [5.41, 5.74) is 1.36. The van der Waals surface area contributed by atoms with Crippen LogP contribution in [0.4, 0.5) is 0 Å². The van der Waals surface area contributed by atoms with Crippen molar-refractivity contribution in [2.45, 2.75) is 38.5 Å². The van der Waals surface area contributed by atoms with E-state index in [9.17, 15) is 19.8 Å². The smallest absolute Gasteiger partial charge is 0.340 e. The van der Waals surface area contributed by atoms with E-state index in [0.717, 1.165) is 36.8 Å². The van der Waals surface area contributed by atoms with Crippen LogP contribution in [0, 0.1) is 0 Å². The van der Waals surface area contributed by atoms with Gasteiger partial charge in [0.05, 0.1) is 18.8 Å². The van der Waals surface area contributed by atoms with Gasteiger partial charge >= 0.3 is 11.9 Å². The maximum atomic E-state index is 12.2. The van der Waals surface area contributed by atoms with Crippen LogP contribution in [-0.4, -0.2) is 35.4 Å². The summed E-state index contributed by atoms with van der Waals surface area (Å²) in [6.07, 6.45) is 4.30. The molecule has 5 aromatic carbocycles. The highest BCUT2D eigenvalue weighted by molar-refractivity contribution is 6.31. The van der Waals surface area contributed by atoms with Gasteiger partial charge in [-0.3, -0.25) is 0 Å². The topological polar surface area (TPSA) is 112 Å². The maximum absolute atomic E-state index is 12.2. The summed E-state index contributed by atoms with van der Waals surface area (Å²) in [4.78, 5) is 24.1. The van der Waals surface area contributed by atoms with Gasteiger partial charge in [-0.05, 0) is 122 Å². The van der Waals surface area contributed by atoms with Crippen LogP contribution < -0.4 is 18.9 Å². The van der Waals surface area contributed by atoms with Crippen molar-refractivity contribution in [3.05, 3.63) is 141 Å². The van der Waals surface area contributed by atoms with E-state index < -0.39 is 17.5 Å². The molecule has 0 bridgehead atoms. The maximum Gasteiger partial charge on any atom is 0.340 e. The molecule has 0 spiro atoms. The number of aryl methyl sites for hydroxylation is 2. The summed E-state index contributed by atoms with van der Waals surface area (Å²) in [7, 11) is 0. The fourth-order valence-corrected chi connectivity index (χ4v) is 5.65. The number of hydrogen-bond acceptors (Lipinski definition) is 6. The molecule has 0 atom stereocenters. The first kappa shape index (κ1) is 36.1. The van der Waals surface area contributed by atoms with Crippen molar-refractivity contribution in [3.63, 3.8) is 0 Å². The Morgan fingerprint density at radius 1 is 0.540 bits per heavy atom. The molecule has 10 heteroatoms. The van der Waals surface area contributed by atoms with Crippen molar-refractivity contribution in [3.8, 4) is 34.5 Å². The van der Waals surface area contributed by atoms with Gasteiger partial charge in [0.25, 0.3) is 0 Å². The van der Waals surface area contributed by atoms with Crippen LogP contribution in [0.15, 0.2) is 109 Å². The van der Waals surface area contributed by atoms with Crippen molar-refractivity contribution in [2.75, 3.05) is 13.2 Å². The lowest BCUT2D eigenvalue weighted by molar-refractivity contribution is 0.0646. The minimum Gasteiger partial charge on any atom is -0.490 e. The van der Waals surface area contributed by atoms with Gasteiger partial charge in [-0.2, -0.15) is 0 Å². The van der Waals surface area contributed by atoms with Gasteiger partial charge in [0.2, 0.25) is 0 Å². The molecule has 5 rings (SSSR count). The zero-order valence-electron chi connectivity index (χ0n) is 27.1.